The minimum Gasteiger partial charge on any atom is -0.464 e. The SMILES string of the molecule is CCc1ccc(CNc2cccc(-n3ccnc3)c2)o1. The van der Waals surface area contributed by atoms with Crippen LogP contribution >= 0.6 is 0 Å². The molecule has 3 aromatic rings. The maximum atomic E-state index is 5.68. The first-order chi connectivity index (χ1) is 9.85. The van der Waals surface area contributed by atoms with Crippen molar-refractivity contribution in [2.45, 2.75) is 19.9 Å². The van der Waals surface area contributed by atoms with Gasteiger partial charge in [-0.3, -0.25) is 0 Å². The molecule has 0 atom stereocenters. The molecule has 0 aliphatic rings. The molecule has 0 saturated heterocycles. The van der Waals surface area contributed by atoms with Crippen LogP contribution in [0.2, 0.25) is 0 Å². The van der Waals surface area contributed by atoms with Crippen LogP contribution in [0.5, 0.6) is 0 Å². The Morgan fingerprint density at radius 1 is 1.20 bits per heavy atom. The molecule has 0 aliphatic heterocycles. The predicted octanol–water partition coefficient (Wildman–Crippen LogP) is 3.64. The summed E-state index contributed by atoms with van der Waals surface area (Å²) in [5.74, 6) is 1.98. The molecule has 0 spiro atoms. The first kappa shape index (κ1) is 12.5. The number of rotatable bonds is 5. The molecule has 2 heterocycles. The number of aryl methyl sites for hydroxylation is 1. The maximum absolute atomic E-state index is 5.68. The van der Waals surface area contributed by atoms with Crippen molar-refractivity contribution in [3.05, 3.63) is 66.6 Å². The van der Waals surface area contributed by atoms with Crippen LogP contribution in [0.3, 0.4) is 0 Å². The number of hydrogen-bond donors (Lipinski definition) is 1. The standard InChI is InChI=1S/C16H17N3O/c1-2-15-6-7-16(20-15)11-18-13-4-3-5-14(10-13)19-9-8-17-12-19/h3-10,12,18H,2,11H2,1H3. The number of furan rings is 1. The summed E-state index contributed by atoms with van der Waals surface area (Å²) in [6.07, 6.45) is 6.42. The van der Waals surface area contributed by atoms with Crippen LogP contribution in [-0.2, 0) is 13.0 Å². The molecule has 0 saturated carbocycles. The van der Waals surface area contributed by atoms with Crippen LogP contribution < -0.4 is 5.32 Å². The number of anilines is 1. The molecule has 0 fully saturated rings. The highest BCUT2D eigenvalue weighted by Crippen LogP contribution is 2.16. The summed E-state index contributed by atoms with van der Waals surface area (Å²) in [6, 6.07) is 12.3. The molecule has 2 aromatic heterocycles. The van der Waals surface area contributed by atoms with Crippen molar-refractivity contribution in [2.75, 3.05) is 5.32 Å². The third-order valence-electron chi connectivity index (χ3n) is 3.18. The van der Waals surface area contributed by atoms with Crippen molar-refractivity contribution in [1.29, 1.82) is 0 Å². The van der Waals surface area contributed by atoms with Gasteiger partial charge in [-0.25, -0.2) is 4.98 Å². The van der Waals surface area contributed by atoms with E-state index in [1.807, 2.05) is 35.0 Å². The van der Waals surface area contributed by atoms with Gasteiger partial charge in [0.1, 0.15) is 11.5 Å². The smallest absolute Gasteiger partial charge is 0.123 e. The lowest BCUT2D eigenvalue weighted by Crippen LogP contribution is -1.99. The van der Waals surface area contributed by atoms with Crippen molar-refractivity contribution in [1.82, 2.24) is 9.55 Å². The van der Waals surface area contributed by atoms with Gasteiger partial charge in [0.05, 0.1) is 12.9 Å². The molecule has 0 radical (unpaired) electrons. The number of nitrogens with zero attached hydrogens (tertiary/aromatic N) is 2. The lowest BCUT2D eigenvalue weighted by Gasteiger charge is -2.07. The van der Waals surface area contributed by atoms with E-state index in [-0.39, 0.29) is 0 Å². The van der Waals surface area contributed by atoms with E-state index in [9.17, 15) is 0 Å². The average molecular weight is 267 g/mol. The van der Waals surface area contributed by atoms with E-state index >= 15 is 0 Å². The van der Waals surface area contributed by atoms with Crippen LogP contribution in [0.1, 0.15) is 18.4 Å². The van der Waals surface area contributed by atoms with E-state index in [2.05, 4.69) is 29.4 Å². The van der Waals surface area contributed by atoms with Gasteiger partial charge in [0.15, 0.2) is 0 Å². The van der Waals surface area contributed by atoms with Gasteiger partial charge < -0.3 is 14.3 Å². The van der Waals surface area contributed by atoms with Crippen LogP contribution in [-0.4, -0.2) is 9.55 Å². The van der Waals surface area contributed by atoms with Crippen molar-refractivity contribution in [3.63, 3.8) is 0 Å². The molecule has 0 bridgehead atoms. The zero-order valence-corrected chi connectivity index (χ0v) is 11.4. The largest absolute Gasteiger partial charge is 0.464 e. The summed E-state index contributed by atoms with van der Waals surface area (Å²) in [5.41, 5.74) is 2.15. The zero-order valence-electron chi connectivity index (χ0n) is 11.4. The highest BCUT2D eigenvalue weighted by molar-refractivity contribution is 5.51. The van der Waals surface area contributed by atoms with E-state index in [1.54, 1.807) is 12.5 Å². The van der Waals surface area contributed by atoms with E-state index in [0.717, 1.165) is 29.3 Å². The second-order valence-corrected chi connectivity index (χ2v) is 4.60. The summed E-state index contributed by atoms with van der Waals surface area (Å²) in [5, 5.41) is 3.37. The Morgan fingerprint density at radius 2 is 2.10 bits per heavy atom. The second-order valence-electron chi connectivity index (χ2n) is 4.60. The minimum atomic E-state index is 0.688. The molecule has 3 rings (SSSR count). The van der Waals surface area contributed by atoms with Gasteiger partial charge in [0, 0.05) is 30.2 Å². The van der Waals surface area contributed by atoms with E-state index in [0.29, 0.717) is 6.54 Å². The molecular formula is C16H17N3O. The fraction of sp³-hybridized carbons (Fsp3) is 0.188. The topological polar surface area (TPSA) is 43.0 Å². The summed E-state index contributed by atoms with van der Waals surface area (Å²) < 4.78 is 7.66. The first-order valence-corrected chi connectivity index (χ1v) is 6.75. The number of aromatic nitrogens is 2. The van der Waals surface area contributed by atoms with Gasteiger partial charge in [-0.2, -0.15) is 0 Å². The minimum absolute atomic E-state index is 0.688. The average Bonchev–Trinajstić information content (AvgIpc) is 3.17. The van der Waals surface area contributed by atoms with Gasteiger partial charge in [-0.15, -0.1) is 0 Å². The Balaban J connectivity index is 1.70. The molecule has 4 heteroatoms. The van der Waals surface area contributed by atoms with Crippen LogP contribution in [0.15, 0.2) is 59.5 Å². The summed E-state index contributed by atoms with van der Waals surface area (Å²) in [4.78, 5) is 4.06. The van der Waals surface area contributed by atoms with Gasteiger partial charge in [0.25, 0.3) is 0 Å². The molecule has 102 valence electrons. The second kappa shape index (κ2) is 5.65. The molecule has 4 nitrogen and oxygen atoms in total. The lowest BCUT2D eigenvalue weighted by molar-refractivity contribution is 0.476. The summed E-state index contributed by atoms with van der Waals surface area (Å²) in [7, 11) is 0. The summed E-state index contributed by atoms with van der Waals surface area (Å²) >= 11 is 0. The van der Waals surface area contributed by atoms with E-state index < -0.39 is 0 Å². The van der Waals surface area contributed by atoms with Crippen LogP contribution in [0.4, 0.5) is 5.69 Å². The lowest BCUT2D eigenvalue weighted by atomic mass is 10.2. The fourth-order valence-corrected chi connectivity index (χ4v) is 2.08. The van der Waals surface area contributed by atoms with E-state index in [1.165, 1.54) is 0 Å². The number of imidazole rings is 1. The highest BCUT2D eigenvalue weighted by atomic mass is 16.3. The molecular weight excluding hydrogens is 250 g/mol. The normalized spacial score (nSPS) is 10.7. The van der Waals surface area contributed by atoms with Crippen molar-refractivity contribution < 1.29 is 4.42 Å². The highest BCUT2D eigenvalue weighted by Gasteiger charge is 2.01. The van der Waals surface area contributed by atoms with Crippen LogP contribution in [0, 0.1) is 0 Å². The Morgan fingerprint density at radius 3 is 2.85 bits per heavy atom. The molecule has 1 aromatic carbocycles. The van der Waals surface area contributed by atoms with Crippen molar-refractivity contribution in [2.24, 2.45) is 0 Å². The third kappa shape index (κ3) is 2.74. The maximum Gasteiger partial charge on any atom is 0.123 e. The number of benzene rings is 1. The number of hydrogen-bond acceptors (Lipinski definition) is 3. The summed E-state index contributed by atoms with van der Waals surface area (Å²) in [6.45, 7) is 2.78. The molecule has 0 aliphatic carbocycles. The Kier molecular flexibility index (Phi) is 3.54. The molecule has 1 N–H and O–H groups in total. The first-order valence-electron chi connectivity index (χ1n) is 6.75. The van der Waals surface area contributed by atoms with Gasteiger partial charge in [-0.1, -0.05) is 13.0 Å². The van der Waals surface area contributed by atoms with Crippen LogP contribution in [0.25, 0.3) is 5.69 Å². The predicted molar refractivity (Wildman–Crippen MR) is 79.0 cm³/mol. The van der Waals surface area contributed by atoms with Gasteiger partial charge in [0.2, 0.25) is 0 Å². The molecule has 20 heavy (non-hydrogen) atoms. The van der Waals surface area contributed by atoms with Gasteiger partial charge >= 0.3 is 0 Å². The quantitative estimate of drug-likeness (QED) is 0.767. The number of nitrogens with one attached hydrogen (secondary N) is 1. The van der Waals surface area contributed by atoms with Crippen molar-refractivity contribution >= 4 is 5.69 Å². The van der Waals surface area contributed by atoms with E-state index in [4.69, 9.17) is 4.42 Å². The Bertz CT molecular complexity index is 671. The van der Waals surface area contributed by atoms with Gasteiger partial charge in [-0.05, 0) is 30.3 Å². The monoisotopic (exact) mass is 267 g/mol. The molecule has 0 unspecified atom stereocenters. The molecule has 0 amide bonds. The Hall–Kier alpha value is -2.49. The fourth-order valence-electron chi connectivity index (χ4n) is 2.08. The third-order valence-corrected chi connectivity index (χ3v) is 3.18. The van der Waals surface area contributed by atoms with Crippen molar-refractivity contribution in [3.8, 4) is 5.69 Å². The zero-order chi connectivity index (χ0) is 13.8. The Labute approximate surface area is 118 Å².